The molecule has 1 saturated heterocycles. The lowest BCUT2D eigenvalue weighted by atomic mass is 10.1. The van der Waals surface area contributed by atoms with E-state index in [1.807, 2.05) is 41.6 Å². The number of aliphatic imine (C=N–C) groups is 2. The number of benzene rings is 1. The van der Waals surface area contributed by atoms with Gasteiger partial charge >= 0.3 is 0 Å². The molecule has 6 heteroatoms. The van der Waals surface area contributed by atoms with Crippen LogP contribution in [0.2, 0.25) is 0 Å². The molecule has 0 spiro atoms. The summed E-state index contributed by atoms with van der Waals surface area (Å²) in [4.78, 5) is 28.2. The van der Waals surface area contributed by atoms with Crippen molar-refractivity contribution in [2.75, 3.05) is 32.7 Å². The van der Waals surface area contributed by atoms with E-state index >= 15 is 0 Å². The number of amidine groups is 1. The lowest BCUT2D eigenvalue weighted by molar-refractivity contribution is -0.131. The van der Waals surface area contributed by atoms with E-state index in [0.29, 0.717) is 12.5 Å². The largest absolute Gasteiger partial charge is 0.353 e. The molecule has 0 aromatic heterocycles. The van der Waals surface area contributed by atoms with E-state index in [2.05, 4.69) is 27.8 Å². The summed E-state index contributed by atoms with van der Waals surface area (Å²) in [5, 5.41) is 0. The van der Waals surface area contributed by atoms with E-state index in [9.17, 15) is 4.79 Å². The molecular weight excluding hydrogens is 326 g/mol. The zero-order chi connectivity index (χ0) is 17.9. The van der Waals surface area contributed by atoms with Gasteiger partial charge in [0.05, 0.1) is 18.8 Å². The smallest absolute Gasteiger partial charge is 0.227 e. The van der Waals surface area contributed by atoms with Crippen LogP contribution in [0.1, 0.15) is 18.9 Å². The van der Waals surface area contributed by atoms with Crippen molar-refractivity contribution in [1.82, 2.24) is 14.7 Å². The number of carbonyl (C=O) groups is 1. The highest BCUT2D eigenvalue weighted by Gasteiger charge is 2.27. The average Bonchev–Trinajstić information content (AvgIpc) is 3.11. The summed E-state index contributed by atoms with van der Waals surface area (Å²) < 4.78 is 0. The van der Waals surface area contributed by atoms with Crippen molar-refractivity contribution in [2.24, 2.45) is 9.98 Å². The maximum absolute atomic E-state index is 12.5. The van der Waals surface area contributed by atoms with Crippen molar-refractivity contribution >= 4 is 18.1 Å². The highest BCUT2D eigenvalue weighted by atomic mass is 16.2. The molecule has 1 unspecified atom stereocenters. The third-order valence-corrected chi connectivity index (χ3v) is 5.23. The van der Waals surface area contributed by atoms with Crippen LogP contribution < -0.4 is 0 Å². The van der Waals surface area contributed by atoms with Gasteiger partial charge in [-0.25, -0.2) is 4.99 Å². The molecule has 3 aliphatic rings. The summed E-state index contributed by atoms with van der Waals surface area (Å²) in [5.41, 5.74) is 1.07. The van der Waals surface area contributed by atoms with Gasteiger partial charge in [0.2, 0.25) is 5.91 Å². The summed E-state index contributed by atoms with van der Waals surface area (Å²) in [5.74, 6) is 2.19. The van der Waals surface area contributed by atoms with Crippen molar-refractivity contribution < 1.29 is 4.79 Å². The van der Waals surface area contributed by atoms with Crippen LogP contribution in [0.5, 0.6) is 0 Å². The predicted molar refractivity (Wildman–Crippen MR) is 103 cm³/mol. The summed E-state index contributed by atoms with van der Waals surface area (Å²) >= 11 is 0. The lowest BCUT2D eigenvalue weighted by Crippen LogP contribution is -2.49. The molecule has 26 heavy (non-hydrogen) atoms. The van der Waals surface area contributed by atoms with Gasteiger partial charge in [-0.2, -0.15) is 0 Å². The number of hydrogen-bond donors (Lipinski definition) is 0. The Morgan fingerprint density at radius 3 is 2.65 bits per heavy atom. The summed E-state index contributed by atoms with van der Waals surface area (Å²) in [6.45, 7) is 6.21. The number of nitrogens with zero attached hydrogens (tertiary/aromatic N) is 5. The average molecular weight is 351 g/mol. The van der Waals surface area contributed by atoms with Crippen LogP contribution >= 0.6 is 0 Å². The molecule has 0 N–H and O–H groups in total. The van der Waals surface area contributed by atoms with Gasteiger partial charge in [0, 0.05) is 38.8 Å². The molecule has 1 atom stereocenters. The Morgan fingerprint density at radius 2 is 1.92 bits per heavy atom. The first-order valence-corrected chi connectivity index (χ1v) is 9.40. The van der Waals surface area contributed by atoms with Gasteiger partial charge < -0.3 is 14.7 Å². The van der Waals surface area contributed by atoms with Gasteiger partial charge in [0.1, 0.15) is 11.7 Å². The third-order valence-electron chi connectivity index (χ3n) is 5.23. The molecule has 0 aliphatic carbocycles. The van der Waals surface area contributed by atoms with Gasteiger partial charge in [0.15, 0.2) is 0 Å². The highest BCUT2D eigenvalue weighted by Crippen LogP contribution is 2.20. The molecule has 1 aromatic carbocycles. The second-order valence-corrected chi connectivity index (χ2v) is 6.98. The second kappa shape index (κ2) is 7.32. The van der Waals surface area contributed by atoms with E-state index in [0.717, 1.165) is 56.4 Å². The first-order valence-electron chi connectivity index (χ1n) is 9.40. The van der Waals surface area contributed by atoms with Crippen LogP contribution in [0.3, 0.4) is 0 Å². The minimum atomic E-state index is 0.203. The van der Waals surface area contributed by atoms with Crippen LogP contribution in [-0.2, 0) is 11.2 Å². The van der Waals surface area contributed by atoms with E-state index in [1.165, 1.54) is 0 Å². The fourth-order valence-electron chi connectivity index (χ4n) is 3.59. The molecule has 1 fully saturated rings. The fourth-order valence-corrected chi connectivity index (χ4v) is 3.59. The predicted octanol–water partition coefficient (Wildman–Crippen LogP) is 1.75. The summed E-state index contributed by atoms with van der Waals surface area (Å²) in [7, 11) is 0. The van der Waals surface area contributed by atoms with Gasteiger partial charge in [-0.15, -0.1) is 0 Å². The first kappa shape index (κ1) is 16.8. The molecule has 3 heterocycles. The molecule has 1 aromatic rings. The molecule has 0 saturated carbocycles. The van der Waals surface area contributed by atoms with Crippen LogP contribution in [0.4, 0.5) is 0 Å². The molecule has 0 bridgehead atoms. The highest BCUT2D eigenvalue weighted by molar-refractivity contribution is 6.03. The number of carbonyl (C=O) groups excluding carboxylic acids is 1. The van der Waals surface area contributed by atoms with Crippen LogP contribution in [-0.4, -0.2) is 71.5 Å². The van der Waals surface area contributed by atoms with Gasteiger partial charge in [0.25, 0.3) is 0 Å². The Kier molecular flexibility index (Phi) is 4.73. The maximum atomic E-state index is 12.5. The summed E-state index contributed by atoms with van der Waals surface area (Å²) in [6, 6.07) is 10.3. The monoisotopic (exact) mass is 351 g/mol. The second-order valence-electron chi connectivity index (χ2n) is 6.98. The number of piperazine rings is 1. The van der Waals surface area contributed by atoms with Crippen molar-refractivity contribution in [3.05, 3.63) is 47.8 Å². The van der Waals surface area contributed by atoms with Crippen LogP contribution in [0.15, 0.2) is 52.2 Å². The lowest BCUT2D eigenvalue weighted by Gasteiger charge is -2.37. The minimum Gasteiger partial charge on any atom is -0.353 e. The SMILES string of the molecule is CCC1CN2C=NC(N3CCN(C(=O)Cc4ccccc4)CC3)=CC2=N1. The van der Waals surface area contributed by atoms with Gasteiger partial charge in [-0.05, 0) is 12.0 Å². The number of hydrogen-bond acceptors (Lipinski definition) is 5. The Labute approximate surface area is 154 Å². The topological polar surface area (TPSA) is 51.5 Å². The first-order chi connectivity index (χ1) is 12.7. The molecule has 3 aliphatic heterocycles. The number of rotatable bonds is 4. The fraction of sp³-hybridized carbons (Fsp3) is 0.450. The molecular formula is C20H25N5O. The maximum Gasteiger partial charge on any atom is 0.227 e. The Hall–Kier alpha value is -2.63. The Morgan fingerprint density at radius 1 is 1.15 bits per heavy atom. The zero-order valence-electron chi connectivity index (χ0n) is 15.2. The van der Waals surface area contributed by atoms with Crippen LogP contribution in [0, 0.1) is 0 Å². The van der Waals surface area contributed by atoms with Crippen molar-refractivity contribution in [1.29, 1.82) is 0 Å². The van der Waals surface area contributed by atoms with Gasteiger partial charge in [-0.1, -0.05) is 37.3 Å². The quantitative estimate of drug-likeness (QED) is 0.830. The minimum absolute atomic E-state index is 0.203. The molecule has 0 radical (unpaired) electrons. The molecule has 4 rings (SSSR count). The molecule has 6 nitrogen and oxygen atoms in total. The molecule has 136 valence electrons. The van der Waals surface area contributed by atoms with Gasteiger partial charge in [-0.3, -0.25) is 9.79 Å². The normalized spacial score (nSPS) is 22.2. The Balaban J connectivity index is 1.34. The summed E-state index contributed by atoms with van der Waals surface area (Å²) in [6.07, 6.45) is 5.51. The van der Waals surface area contributed by atoms with E-state index < -0.39 is 0 Å². The molecule has 1 amide bonds. The standard InChI is InChI=1S/C20H25N5O/c1-2-17-14-25-15-21-18(13-19(25)22-17)23-8-10-24(11-9-23)20(26)12-16-6-4-3-5-7-16/h3-7,13,15,17H,2,8-12,14H2,1H3. The third kappa shape index (κ3) is 3.49. The van der Waals surface area contributed by atoms with E-state index in [1.54, 1.807) is 0 Å². The number of amides is 1. The van der Waals surface area contributed by atoms with Crippen molar-refractivity contribution in [3.63, 3.8) is 0 Å². The van der Waals surface area contributed by atoms with Crippen molar-refractivity contribution in [2.45, 2.75) is 25.8 Å². The zero-order valence-corrected chi connectivity index (χ0v) is 15.2. The number of fused-ring (bicyclic) bond motifs is 1. The van der Waals surface area contributed by atoms with E-state index in [-0.39, 0.29) is 5.91 Å². The van der Waals surface area contributed by atoms with Crippen molar-refractivity contribution in [3.8, 4) is 0 Å². The van der Waals surface area contributed by atoms with Crippen LogP contribution in [0.25, 0.3) is 0 Å². The van der Waals surface area contributed by atoms with E-state index in [4.69, 9.17) is 4.99 Å². The Bertz CT molecular complexity index is 747.